The largest absolute Gasteiger partial charge is 0.422 e. The number of carbonyl (C=O) groups is 1. The van der Waals surface area contributed by atoms with E-state index in [1.165, 1.54) is 10.3 Å². The second kappa shape index (κ2) is 9.09. The first-order valence-corrected chi connectivity index (χ1v) is 11.4. The molecule has 1 aromatic heterocycles. The van der Waals surface area contributed by atoms with Crippen molar-refractivity contribution in [2.75, 3.05) is 11.9 Å². The van der Waals surface area contributed by atoms with Crippen LogP contribution in [0.4, 0.5) is 27.1 Å². The van der Waals surface area contributed by atoms with Crippen LogP contribution in [-0.2, 0) is 11.0 Å². The van der Waals surface area contributed by atoms with E-state index in [9.17, 15) is 37.1 Å². The predicted octanol–water partition coefficient (Wildman–Crippen LogP) is 3.35. The van der Waals surface area contributed by atoms with Crippen LogP contribution >= 0.6 is 11.3 Å². The zero-order valence-corrected chi connectivity index (χ0v) is 19.5. The standard InChI is InChI=1S/C21H22F5N5O3S/c1-8-15-18(9(2)31(8)34)27-10(3)30(19(15)33)6-14(32)29-20-28-13(7-35-20)11-4-5-12(22)16(17(11)23)21(24,25)26/h4-5,7-10,19,27,33-34H,6H2,1-3H3,(H,28,29,32). The predicted molar refractivity (Wildman–Crippen MR) is 116 cm³/mol. The number of halogens is 5. The number of aliphatic hydroxyl groups is 1. The first kappa shape index (κ1) is 25.4. The quantitative estimate of drug-likeness (QED) is 0.460. The molecule has 4 rings (SSSR count). The van der Waals surface area contributed by atoms with Crippen molar-refractivity contribution in [2.24, 2.45) is 0 Å². The van der Waals surface area contributed by atoms with Gasteiger partial charge in [-0.3, -0.25) is 4.79 Å². The van der Waals surface area contributed by atoms with Gasteiger partial charge >= 0.3 is 6.18 Å². The molecule has 0 saturated carbocycles. The van der Waals surface area contributed by atoms with Crippen molar-refractivity contribution in [1.29, 1.82) is 0 Å². The van der Waals surface area contributed by atoms with Gasteiger partial charge in [-0.25, -0.2) is 18.7 Å². The highest BCUT2D eigenvalue weighted by Gasteiger charge is 2.45. The van der Waals surface area contributed by atoms with E-state index >= 15 is 0 Å². The van der Waals surface area contributed by atoms with E-state index in [0.717, 1.165) is 22.5 Å². The summed E-state index contributed by atoms with van der Waals surface area (Å²) >= 11 is 0.849. The second-order valence-electron chi connectivity index (χ2n) is 8.34. The summed E-state index contributed by atoms with van der Waals surface area (Å²) in [5, 5.41) is 29.0. The first-order chi connectivity index (χ1) is 16.3. The van der Waals surface area contributed by atoms with Crippen LogP contribution in [0, 0.1) is 11.6 Å². The van der Waals surface area contributed by atoms with Crippen molar-refractivity contribution in [3.8, 4) is 11.3 Å². The molecule has 8 nitrogen and oxygen atoms in total. The zero-order chi connectivity index (χ0) is 25.8. The Morgan fingerprint density at radius 3 is 2.57 bits per heavy atom. The molecule has 4 atom stereocenters. The summed E-state index contributed by atoms with van der Waals surface area (Å²) in [6, 6.07) is 0.518. The summed E-state index contributed by atoms with van der Waals surface area (Å²) < 4.78 is 67.0. The Morgan fingerprint density at radius 2 is 1.91 bits per heavy atom. The third-order valence-electron chi connectivity index (χ3n) is 6.15. The van der Waals surface area contributed by atoms with Gasteiger partial charge in [0.05, 0.1) is 30.5 Å². The van der Waals surface area contributed by atoms with Gasteiger partial charge in [-0.15, -0.1) is 11.3 Å². The summed E-state index contributed by atoms with van der Waals surface area (Å²) in [5.74, 6) is -4.12. The van der Waals surface area contributed by atoms with Gasteiger partial charge in [0, 0.05) is 22.2 Å². The monoisotopic (exact) mass is 519 g/mol. The summed E-state index contributed by atoms with van der Waals surface area (Å²) in [4.78, 5) is 18.1. The van der Waals surface area contributed by atoms with Gasteiger partial charge in [0.15, 0.2) is 5.13 Å². The smallest absolute Gasteiger partial charge is 0.374 e. The van der Waals surface area contributed by atoms with Crippen molar-refractivity contribution in [3.63, 3.8) is 0 Å². The fourth-order valence-corrected chi connectivity index (χ4v) is 5.07. The van der Waals surface area contributed by atoms with E-state index in [2.05, 4.69) is 15.6 Å². The van der Waals surface area contributed by atoms with E-state index in [4.69, 9.17) is 0 Å². The fraction of sp³-hybridized carbons (Fsp3) is 0.429. The van der Waals surface area contributed by atoms with E-state index < -0.39 is 53.3 Å². The molecule has 0 bridgehead atoms. The Kier molecular flexibility index (Phi) is 6.61. The van der Waals surface area contributed by atoms with Crippen LogP contribution < -0.4 is 10.6 Å². The molecule has 1 amide bonds. The molecule has 190 valence electrons. The molecule has 0 radical (unpaired) electrons. The summed E-state index contributed by atoms with van der Waals surface area (Å²) in [6.07, 6.45) is -6.84. The zero-order valence-electron chi connectivity index (χ0n) is 18.7. The van der Waals surface area contributed by atoms with Crippen LogP contribution in [0.25, 0.3) is 11.3 Å². The van der Waals surface area contributed by atoms with Gasteiger partial charge in [-0.05, 0) is 32.9 Å². The highest BCUT2D eigenvalue weighted by molar-refractivity contribution is 7.14. The number of amides is 1. The molecule has 2 aliphatic rings. The summed E-state index contributed by atoms with van der Waals surface area (Å²) in [6.45, 7) is 4.94. The second-order valence-corrected chi connectivity index (χ2v) is 9.19. The third kappa shape index (κ3) is 4.51. The Morgan fingerprint density at radius 1 is 1.23 bits per heavy atom. The number of hydroxylamine groups is 2. The molecule has 4 N–H and O–H groups in total. The van der Waals surface area contributed by atoms with Crippen molar-refractivity contribution < 1.29 is 37.1 Å². The Hall–Kier alpha value is -2.65. The molecule has 1 aromatic carbocycles. The number of alkyl halides is 3. The van der Waals surface area contributed by atoms with Gasteiger partial charge in [0.25, 0.3) is 0 Å². The first-order valence-electron chi connectivity index (χ1n) is 10.5. The number of carbonyl (C=O) groups excluding carboxylic acids is 1. The molecule has 0 aliphatic carbocycles. The number of aromatic nitrogens is 1. The lowest BCUT2D eigenvalue weighted by Gasteiger charge is -2.40. The van der Waals surface area contributed by atoms with Crippen LogP contribution in [0.1, 0.15) is 26.3 Å². The maximum atomic E-state index is 14.4. The number of hydrogen-bond donors (Lipinski definition) is 4. The van der Waals surface area contributed by atoms with Crippen molar-refractivity contribution >= 4 is 22.4 Å². The van der Waals surface area contributed by atoms with Gasteiger partial charge < -0.3 is 20.9 Å². The van der Waals surface area contributed by atoms with Crippen LogP contribution in [-0.4, -0.2) is 62.2 Å². The summed E-state index contributed by atoms with van der Waals surface area (Å²) in [5.41, 5.74) is -1.56. The minimum atomic E-state index is -5.23. The van der Waals surface area contributed by atoms with E-state index in [-0.39, 0.29) is 23.4 Å². The molecule has 0 spiro atoms. The van der Waals surface area contributed by atoms with Crippen LogP contribution in [0.15, 0.2) is 28.8 Å². The van der Waals surface area contributed by atoms with Gasteiger partial charge in [-0.1, -0.05) is 0 Å². The van der Waals surface area contributed by atoms with Crippen molar-refractivity contribution in [1.82, 2.24) is 20.3 Å². The molecule has 4 unspecified atom stereocenters. The molecule has 35 heavy (non-hydrogen) atoms. The van der Waals surface area contributed by atoms with Crippen LogP contribution in [0.2, 0.25) is 0 Å². The van der Waals surface area contributed by atoms with Crippen LogP contribution in [0.5, 0.6) is 0 Å². The SMILES string of the molecule is CC1C2=C(C(C)N1O)C(O)N(CC(=O)Nc1nc(-c3ccc(F)c(C(F)(F)F)c3F)cs1)C(C)N2. The Labute approximate surface area is 200 Å². The maximum absolute atomic E-state index is 14.4. The molecule has 3 heterocycles. The third-order valence-corrected chi connectivity index (χ3v) is 6.91. The lowest BCUT2D eigenvalue weighted by Crippen LogP contribution is -2.57. The number of hydrogen-bond acceptors (Lipinski definition) is 8. The van der Waals surface area contributed by atoms with Crippen LogP contribution in [0.3, 0.4) is 0 Å². The van der Waals surface area contributed by atoms with E-state index in [0.29, 0.717) is 17.3 Å². The summed E-state index contributed by atoms with van der Waals surface area (Å²) in [7, 11) is 0. The number of rotatable bonds is 4. The molecular weight excluding hydrogens is 497 g/mol. The van der Waals surface area contributed by atoms with E-state index in [1.54, 1.807) is 20.8 Å². The van der Waals surface area contributed by atoms with Crippen molar-refractivity contribution in [3.05, 3.63) is 46.0 Å². The van der Waals surface area contributed by atoms with Gasteiger partial charge in [0.1, 0.15) is 23.4 Å². The number of nitrogens with one attached hydrogen (secondary N) is 2. The molecule has 2 aliphatic heterocycles. The molecule has 0 fully saturated rings. The molecule has 2 aromatic rings. The number of thiazole rings is 1. The minimum Gasteiger partial charge on any atom is -0.374 e. The maximum Gasteiger partial charge on any atom is 0.422 e. The lowest BCUT2D eigenvalue weighted by atomic mass is 10.0. The van der Waals surface area contributed by atoms with Gasteiger partial charge in [-0.2, -0.15) is 18.2 Å². The highest BCUT2D eigenvalue weighted by atomic mass is 32.1. The highest BCUT2D eigenvalue weighted by Crippen LogP contribution is 2.38. The van der Waals surface area contributed by atoms with Gasteiger partial charge in [0.2, 0.25) is 5.91 Å². The minimum absolute atomic E-state index is 0.0151. The Balaban J connectivity index is 1.49. The average molecular weight is 519 g/mol. The number of benzene rings is 1. The normalized spacial score (nSPS) is 25.5. The molecular formula is C21H22F5N5O3S. The topological polar surface area (TPSA) is 101 Å². The van der Waals surface area contributed by atoms with E-state index in [1.807, 2.05) is 0 Å². The molecule has 14 heteroatoms. The number of nitrogens with zero attached hydrogens (tertiary/aromatic N) is 3. The number of anilines is 1. The van der Waals surface area contributed by atoms with Crippen molar-refractivity contribution in [2.45, 2.75) is 51.4 Å². The average Bonchev–Trinajstić information content (AvgIpc) is 3.29. The molecule has 0 saturated heterocycles. The number of aliphatic hydroxyl groups excluding tert-OH is 1. The Bertz CT molecular complexity index is 1190. The lowest BCUT2D eigenvalue weighted by molar-refractivity contribution is -0.142. The fourth-order valence-electron chi connectivity index (χ4n) is 4.35.